The van der Waals surface area contributed by atoms with Gasteiger partial charge in [0.05, 0.1) is 30.5 Å². The number of hydrogen-bond donors (Lipinski definition) is 1. The summed E-state index contributed by atoms with van der Waals surface area (Å²) >= 11 is 6.31. The van der Waals surface area contributed by atoms with Gasteiger partial charge in [0, 0.05) is 18.2 Å². The molecule has 6 nitrogen and oxygen atoms in total. The molecule has 1 aromatic heterocycles. The van der Waals surface area contributed by atoms with Gasteiger partial charge in [0.15, 0.2) is 0 Å². The third kappa shape index (κ3) is 4.78. The van der Waals surface area contributed by atoms with E-state index in [2.05, 4.69) is 15.5 Å². The Balaban J connectivity index is 1.61. The van der Waals surface area contributed by atoms with Gasteiger partial charge in [-0.05, 0) is 42.3 Å². The molecule has 3 aromatic rings. The largest absolute Gasteiger partial charge is 0.497 e. The Morgan fingerprint density at radius 3 is 2.39 bits per heavy atom. The maximum atomic E-state index is 12.4. The molecule has 1 amide bonds. The molecule has 0 saturated heterocycles. The lowest BCUT2D eigenvalue weighted by atomic mass is 10.1. The first-order valence-electron chi connectivity index (χ1n) is 8.69. The van der Waals surface area contributed by atoms with Crippen molar-refractivity contribution in [3.8, 4) is 22.9 Å². The molecule has 0 aliphatic heterocycles. The molecular weight excluding hydrogens is 378 g/mol. The number of halogens is 1. The second-order valence-electron chi connectivity index (χ2n) is 6.01. The SMILES string of the molecule is COc1ccc(CCNC(=O)c2ccc(-c3ccc(OC)nn3)cc2Cl)cc1. The van der Waals surface area contributed by atoms with Crippen molar-refractivity contribution >= 4 is 17.5 Å². The minimum atomic E-state index is -0.217. The van der Waals surface area contributed by atoms with Crippen LogP contribution in [0.3, 0.4) is 0 Å². The summed E-state index contributed by atoms with van der Waals surface area (Å²) in [7, 11) is 3.16. The van der Waals surface area contributed by atoms with Crippen LogP contribution in [-0.2, 0) is 6.42 Å². The van der Waals surface area contributed by atoms with Crippen LogP contribution in [-0.4, -0.2) is 36.9 Å². The molecule has 0 unspecified atom stereocenters. The first kappa shape index (κ1) is 19.6. The molecule has 0 spiro atoms. The zero-order valence-corrected chi connectivity index (χ0v) is 16.4. The van der Waals surface area contributed by atoms with Crippen LogP contribution in [0.1, 0.15) is 15.9 Å². The molecule has 2 aromatic carbocycles. The zero-order valence-electron chi connectivity index (χ0n) is 15.6. The average molecular weight is 398 g/mol. The van der Waals surface area contributed by atoms with Gasteiger partial charge in [-0.3, -0.25) is 4.79 Å². The minimum absolute atomic E-state index is 0.217. The van der Waals surface area contributed by atoms with Crippen LogP contribution in [0.15, 0.2) is 54.6 Å². The Kier molecular flexibility index (Phi) is 6.45. The predicted molar refractivity (Wildman–Crippen MR) is 108 cm³/mol. The first-order chi connectivity index (χ1) is 13.6. The molecule has 0 aliphatic rings. The van der Waals surface area contributed by atoms with Crippen LogP contribution >= 0.6 is 11.6 Å². The number of nitrogens with one attached hydrogen (secondary N) is 1. The number of rotatable bonds is 7. The summed E-state index contributed by atoms with van der Waals surface area (Å²) in [5, 5.41) is 11.3. The fraction of sp³-hybridized carbons (Fsp3) is 0.190. The lowest BCUT2D eigenvalue weighted by molar-refractivity contribution is 0.0954. The maximum Gasteiger partial charge on any atom is 0.252 e. The number of aromatic nitrogens is 2. The van der Waals surface area contributed by atoms with Crippen molar-refractivity contribution < 1.29 is 14.3 Å². The zero-order chi connectivity index (χ0) is 19.9. The Hall–Kier alpha value is -3.12. The molecule has 0 fully saturated rings. The molecule has 144 valence electrons. The highest BCUT2D eigenvalue weighted by Gasteiger charge is 2.12. The summed E-state index contributed by atoms with van der Waals surface area (Å²) in [5.41, 5.74) is 2.95. The van der Waals surface area contributed by atoms with Gasteiger partial charge in [-0.2, -0.15) is 0 Å². The second-order valence-corrected chi connectivity index (χ2v) is 6.42. The quantitative estimate of drug-likeness (QED) is 0.656. The highest BCUT2D eigenvalue weighted by Crippen LogP contribution is 2.25. The van der Waals surface area contributed by atoms with E-state index in [4.69, 9.17) is 21.1 Å². The van der Waals surface area contributed by atoms with E-state index in [1.54, 1.807) is 37.4 Å². The van der Waals surface area contributed by atoms with Gasteiger partial charge in [-0.15, -0.1) is 10.2 Å². The molecule has 0 bridgehead atoms. The summed E-state index contributed by atoms with van der Waals surface area (Å²) < 4.78 is 10.1. The average Bonchev–Trinajstić information content (AvgIpc) is 2.74. The van der Waals surface area contributed by atoms with Crippen LogP contribution < -0.4 is 14.8 Å². The van der Waals surface area contributed by atoms with E-state index in [1.165, 1.54) is 7.11 Å². The van der Waals surface area contributed by atoms with Crippen molar-refractivity contribution in [2.75, 3.05) is 20.8 Å². The highest BCUT2D eigenvalue weighted by atomic mass is 35.5. The monoisotopic (exact) mass is 397 g/mol. The maximum absolute atomic E-state index is 12.4. The minimum Gasteiger partial charge on any atom is -0.497 e. The lowest BCUT2D eigenvalue weighted by Gasteiger charge is -2.09. The van der Waals surface area contributed by atoms with Crippen molar-refractivity contribution in [2.24, 2.45) is 0 Å². The van der Waals surface area contributed by atoms with Crippen molar-refractivity contribution in [1.29, 1.82) is 0 Å². The van der Waals surface area contributed by atoms with Crippen molar-refractivity contribution in [3.63, 3.8) is 0 Å². The molecule has 0 atom stereocenters. The van der Waals surface area contributed by atoms with E-state index in [0.29, 0.717) is 35.1 Å². The standard InChI is InChI=1S/C21H20ClN3O3/c1-27-16-6-3-14(4-7-16)11-12-23-21(26)17-8-5-15(13-18(17)22)19-9-10-20(28-2)25-24-19/h3-10,13H,11-12H2,1-2H3,(H,23,26). The predicted octanol–water partition coefficient (Wildman–Crippen LogP) is 3.79. The van der Waals surface area contributed by atoms with E-state index in [1.807, 2.05) is 24.3 Å². The van der Waals surface area contributed by atoms with E-state index in [0.717, 1.165) is 16.9 Å². The topological polar surface area (TPSA) is 73.3 Å². The van der Waals surface area contributed by atoms with Gasteiger partial charge in [0.25, 0.3) is 5.91 Å². The summed E-state index contributed by atoms with van der Waals surface area (Å²) in [5.74, 6) is 1.02. The fourth-order valence-corrected chi connectivity index (χ4v) is 2.92. The van der Waals surface area contributed by atoms with Crippen molar-refractivity contribution in [2.45, 2.75) is 6.42 Å². The summed E-state index contributed by atoms with van der Waals surface area (Å²) in [6.45, 7) is 0.507. The van der Waals surface area contributed by atoms with E-state index in [9.17, 15) is 4.79 Å². The van der Waals surface area contributed by atoms with Gasteiger partial charge in [0.2, 0.25) is 5.88 Å². The van der Waals surface area contributed by atoms with E-state index in [-0.39, 0.29) is 5.91 Å². The lowest BCUT2D eigenvalue weighted by Crippen LogP contribution is -2.26. The van der Waals surface area contributed by atoms with Crippen LogP contribution in [0.25, 0.3) is 11.3 Å². The Morgan fingerprint density at radius 2 is 1.79 bits per heavy atom. The normalized spacial score (nSPS) is 10.4. The van der Waals surface area contributed by atoms with Crippen LogP contribution in [0.2, 0.25) is 5.02 Å². The molecule has 0 aliphatic carbocycles. The Morgan fingerprint density at radius 1 is 1.00 bits per heavy atom. The number of benzene rings is 2. The van der Waals surface area contributed by atoms with Crippen molar-refractivity contribution in [1.82, 2.24) is 15.5 Å². The fourth-order valence-electron chi connectivity index (χ4n) is 2.65. The van der Waals surface area contributed by atoms with Gasteiger partial charge < -0.3 is 14.8 Å². The molecule has 1 heterocycles. The van der Waals surface area contributed by atoms with E-state index >= 15 is 0 Å². The van der Waals surface area contributed by atoms with Crippen LogP contribution in [0, 0.1) is 0 Å². The number of carbonyl (C=O) groups is 1. The van der Waals surface area contributed by atoms with E-state index < -0.39 is 0 Å². The van der Waals surface area contributed by atoms with Gasteiger partial charge >= 0.3 is 0 Å². The number of nitrogens with zero attached hydrogens (tertiary/aromatic N) is 2. The van der Waals surface area contributed by atoms with Gasteiger partial charge in [0.1, 0.15) is 5.75 Å². The Labute approximate surface area is 168 Å². The van der Waals surface area contributed by atoms with Crippen molar-refractivity contribution in [3.05, 3.63) is 70.7 Å². The third-order valence-electron chi connectivity index (χ3n) is 4.22. The molecule has 0 saturated carbocycles. The molecule has 0 radical (unpaired) electrons. The molecular formula is C21H20ClN3O3. The Bertz CT molecular complexity index is 944. The van der Waals surface area contributed by atoms with Crippen LogP contribution in [0.5, 0.6) is 11.6 Å². The smallest absolute Gasteiger partial charge is 0.252 e. The third-order valence-corrected chi connectivity index (χ3v) is 4.53. The molecule has 3 rings (SSSR count). The molecule has 28 heavy (non-hydrogen) atoms. The number of hydrogen-bond acceptors (Lipinski definition) is 5. The summed E-state index contributed by atoms with van der Waals surface area (Å²) in [6, 6.07) is 16.4. The van der Waals surface area contributed by atoms with Gasteiger partial charge in [-0.25, -0.2) is 0 Å². The number of amides is 1. The van der Waals surface area contributed by atoms with Gasteiger partial charge in [-0.1, -0.05) is 29.8 Å². The summed E-state index contributed by atoms with van der Waals surface area (Å²) in [4.78, 5) is 12.4. The number of methoxy groups -OCH3 is 2. The second kappa shape index (κ2) is 9.19. The van der Waals surface area contributed by atoms with Crippen LogP contribution in [0.4, 0.5) is 0 Å². The number of ether oxygens (including phenoxy) is 2. The first-order valence-corrected chi connectivity index (χ1v) is 9.07. The summed E-state index contributed by atoms with van der Waals surface area (Å²) in [6.07, 6.45) is 0.715. The molecule has 7 heteroatoms. The molecule has 1 N–H and O–H groups in total. The number of carbonyl (C=O) groups excluding carboxylic acids is 1. The highest BCUT2D eigenvalue weighted by molar-refractivity contribution is 6.34.